The SMILES string of the molecule is COc1cccc(OC[C@H]2CCC[NH2+]C2)c1. The molecule has 1 fully saturated rings. The second-order valence-electron chi connectivity index (χ2n) is 4.31. The van der Waals surface area contributed by atoms with Gasteiger partial charge in [0.25, 0.3) is 0 Å². The van der Waals surface area contributed by atoms with E-state index in [1.54, 1.807) is 7.11 Å². The molecule has 16 heavy (non-hydrogen) atoms. The van der Waals surface area contributed by atoms with Crippen molar-refractivity contribution in [3.63, 3.8) is 0 Å². The van der Waals surface area contributed by atoms with Crippen molar-refractivity contribution >= 4 is 0 Å². The van der Waals surface area contributed by atoms with Crippen LogP contribution in [0, 0.1) is 5.92 Å². The molecule has 1 aliphatic rings. The third-order valence-corrected chi connectivity index (χ3v) is 3.05. The number of nitrogens with two attached hydrogens (primary N) is 1. The summed E-state index contributed by atoms with van der Waals surface area (Å²) in [7, 11) is 1.68. The molecule has 0 spiro atoms. The lowest BCUT2D eigenvalue weighted by molar-refractivity contribution is -0.669. The van der Waals surface area contributed by atoms with Crippen molar-refractivity contribution in [1.82, 2.24) is 0 Å². The molecule has 0 unspecified atom stereocenters. The molecule has 88 valence electrons. The fourth-order valence-corrected chi connectivity index (χ4v) is 2.08. The normalized spacial score (nSPS) is 20.4. The van der Waals surface area contributed by atoms with Crippen LogP contribution in [-0.4, -0.2) is 26.8 Å². The van der Waals surface area contributed by atoms with Crippen LogP contribution in [0.2, 0.25) is 0 Å². The van der Waals surface area contributed by atoms with Gasteiger partial charge in [0.1, 0.15) is 11.5 Å². The molecule has 0 amide bonds. The van der Waals surface area contributed by atoms with Crippen LogP contribution < -0.4 is 14.8 Å². The summed E-state index contributed by atoms with van der Waals surface area (Å²) >= 11 is 0. The standard InChI is InChI=1S/C13H19NO2/c1-15-12-5-2-6-13(8-12)16-10-11-4-3-7-14-9-11/h2,5-6,8,11,14H,3-4,7,9-10H2,1H3/p+1/t11-/m0/s1. The van der Waals surface area contributed by atoms with E-state index >= 15 is 0 Å². The summed E-state index contributed by atoms with van der Waals surface area (Å²) in [5, 5.41) is 2.38. The highest BCUT2D eigenvalue weighted by molar-refractivity contribution is 5.32. The largest absolute Gasteiger partial charge is 0.497 e. The molecule has 0 bridgehead atoms. The van der Waals surface area contributed by atoms with E-state index in [1.807, 2.05) is 24.3 Å². The highest BCUT2D eigenvalue weighted by Gasteiger charge is 2.16. The van der Waals surface area contributed by atoms with Crippen LogP contribution in [0.25, 0.3) is 0 Å². The Hall–Kier alpha value is -1.22. The lowest BCUT2D eigenvalue weighted by Crippen LogP contribution is -2.87. The summed E-state index contributed by atoms with van der Waals surface area (Å²) in [6, 6.07) is 7.81. The molecular weight excluding hydrogens is 202 g/mol. The van der Waals surface area contributed by atoms with Gasteiger partial charge < -0.3 is 14.8 Å². The van der Waals surface area contributed by atoms with E-state index in [4.69, 9.17) is 9.47 Å². The van der Waals surface area contributed by atoms with E-state index in [0.29, 0.717) is 5.92 Å². The van der Waals surface area contributed by atoms with Crippen LogP contribution in [0.3, 0.4) is 0 Å². The zero-order valence-corrected chi connectivity index (χ0v) is 9.82. The summed E-state index contributed by atoms with van der Waals surface area (Å²) in [6.07, 6.45) is 2.60. The van der Waals surface area contributed by atoms with Crippen molar-refractivity contribution in [1.29, 1.82) is 0 Å². The molecule has 1 aromatic carbocycles. The lowest BCUT2D eigenvalue weighted by atomic mass is 10.0. The van der Waals surface area contributed by atoms with E-state index in [2.05, 4.69) is 5.32 Å². The van der Waals surface area contributed by atoms with Gasteiger partial charge in [-0.3, -0.25) is 0 Å². The molecule has 3 heteroatoms. The first-order valence-corrected chi connectivity index (χ1v) is 5.97. The Labute approximate surface area is 96.8 Å². The van der Waals surface area contributed by atoms with Crippen LogP contribution in [-0.2, 0) is 0 Å². The van der Waals surface area contributed by atoms with E-state index in [1.165, 1.54) is 25.9 Å². The van der Waals surface area contributed by atoms with Gasteiger partial charge in [0, 0.05) is 12.0 Å². The fraction of sp³-hybridized carbons (Fsp3) is 0.538. The van der Waals surface area contributed by atoms with Gasteiger partial charge in [0.15, 0.2) is 0 Å². The van der Waals surface area contributed by atoms with Gasteiger partial charge in [-0.25, -0.2) is 0 Å². The summed E-state index contributed by atoms with van der Waals surface area (Å²) in [6.45, 7) is 3.29. The first kappa shape index (κ1) is 11.3. The monoisotopic (exact) mass is 222 g/mol. The molecule has 0 aromatic heterocycles. The van der Waals surface area contributed by atoms with Crippen molar-refractivity contribution in [2.75, 3.05) is 26.8 Å². The molecular formula is C13H20NO2+. The van der Waals surface area contributed by atoms with E-state index < -0.39 is 0 Å². The Morgan fingerprint density at radius 1 is 1.38 bits per heavy atom. The maximum Gasteiger partial charge on any atom is 0.123 e. The number of rotatable bonds is 4. The average Bonchev–Trinajstić information content (AvgIpc) is 2.38. The number of hydrogen-bond donors (Lipinski definition) is 1. The molecule has 1 aliphatic heterocycles. The van der Waals surface area contributed by atoms with Crippen molar-refractivity contribution < 1.29 is 14.8 Å². The van der Waals surface area contributed by atoms with E-state index in [-0.39, 0.29) is 0 Å². The van der Waals surface area contributed by atoms with Gasteiger partial charge in [-0.1, -0.05) is 6.07 Å². The third-order valence-electron chi connectivity index (χ3n) is 3.05. The highest BCUT2D eigenvalue weighted by atomic mass is 16.5. The van der Waals surface area contributed by atoms with Crippen LogP contribution in [0.15, 0.2) is 24.3 Å². The minimum Gasteiger partial charge on any atom is -0.497 e. The Kier molecular flexibility index (Phi) is 4.05. The van der Waals surface area contributed by atoms with Crippen LogP contribution in [0.4, 0.5) is 0 Å². The third kappa shape index (κ3) is 3.14. The van der Waals surface area contributed by atoms with Gasteiger partial charge in [0.2, 0.25) is 0 Å². The summed E-state index contributed by atoms with van der Waals surface area (Å²) in [5.74, 6) is 2.46. The van der Waals surface area contributed by atoms with Crippen LogP contribution >= 0.6 is 0 Å². The molecule has 2 rings (SSSR count). The number of quaternary nitrogens is 1. The molecule has 1 atom stereocenters. The van der Waals surface area contributed by atoms with E-state index in [9.17, 15) is 0 Å². The maximum atomic E-state index is 5.79. The maximum absolute atomic E-state index is 5.79. The predicted molar refractivity (Wildman–Crippen MR) is 62.9 cm³/mol. The number of methoxy groups -OCH3 is 1. The molecule has 0 saturated carbocycles. The van der Waals surface area contributed by atoms with Gasteiger partial charge in [-0.2, -0.15) is 0 Å². The molecule has 1 aromatic rings. The Balaban J connectivity index is 1.83. The zero-order chi connectivity index (χ0) is 11.2. The summed E-state index contributed by atoms with van der Waals surface area (Å²) in [4.78, 5) is 0. The molecule has 1 heterocycles. The van der Waals surface area contributed by atoms with Crippen LogP contribution in [0.5, 0.6) is 11.5 Å². The van der Waals surface area contributed by atoms with E-state index in [0.717, 1.165) is 18.1 Å². The van der Waals surface area contributed by atoms with Gasteiger partial charge in [0.05, 0.1) is 26.8 Å². The topological polar surface area (TPSA) is 35.1 Å². The quantitative estimate of drug-likeness (QED) is 0.826. The highest BCUT2D eigenvalue weighted by Crippen LogP contribution is 2.20. The zero-order valence-electron chi connectivity index (χ0n) is 9.82. The van der Waals surface area contributed by atoms with Crippen molar-refractivity contribution in [2.24, 2.45) is 5.92 Å². The van der Waals surface area contributed by atoms with Crippen LogP contribution in [0.1, 0.15) is 12.8 Å². The van der Waals surface area contributed by atoms with Gasteiger partial charge in [-0.05, 0) is 25.0 Å². The molecule has 0 aliphatic carbocycles. The Morgan fingerprint density at radius 2 is 2.25 bits per heavy atom. The molecule has 2 N–H and O–H groups in total. The number of piperidine rings is 1. The molecule has 3 nitrogen and oxygen atoms in total. The molecule has 1 saturated heterocycles. The van der Waals surface area contributed by atoms with Crippen molar-refractivity contribution in [2.45, 2.75) is 12.8 Å². The van der Waals surface area contributed by atoms with Gasteiger partial charge >= 0.3 is 0 Å². The second kappa shape index (κ2) is 5.75. The second-order valence-corrected chi connectivity index (χ2v) is 4.31. The lowest BCUT2D eigenvalue weighted by Gasteiger charge is -2.20. The smallest absolute Gasteiger partial charge is 0.123 e. The minimum absolute atomic E-state index is 0.694. The average molecular weight is 222 g/mol. The Morgan fingerprint density at radius 3 is 3.00 bits per heavy atom. The first-order valence-electron chi connectivity index (χ1n) is 5.97. The number of ether oxygens (including phenoxy) is 2. The van der Waals surface area contributed by atoms with Crippen molar-refractivity contribution in [3.05, 3.63) is 24.3 Å². The summed E-state index contributed by atoms with van der Waals surface area (Å²) < 4.78 is 10.9. The predicted octanol–water partition coefficient (Wildman–Crippen LogP) is 1.05. The number of benzene rings is 1. The minimum atomic E-state index is 0.694. The fourth-order valence-electron chi connectivity index (χ4n) is 2.08. The Bertz CT molecular complexity index is 321. The summed E-state index contributed by atoms with van der Waals surface area (Å²) in [5.41, 5.74) is 0. The van der Waals surface area contributed by atoms with Crippen molar-refractivity contribution in [3.8, 4) is 11.5 Å². The number of hydrogen-bond acceptors (Lipinski definition) is 2. The molecule has 0 radical (unpaired) electrons. The first-order chi connectivity index (χ1) is 7.88. The van der Waals surface area contributed by atoms with Gasteiger partial charge in [-0.15, -0.1) is 0 Å².